The van der Waals surface area contributed by atoms with Crippen LogP contribution in [0.1, 0.15) is 167 Å². The summed E-state index contributed by atoms with van der Waals surface area (Å²) in [6, 6.07) is -2.58. The van der Waals surface area contributed by atoms with Gasteiger partial charge >= 0.3 is 30.0 Å². The zero-order chi connectivity index (χ0) is 63.4. The van der Waals surface area contributed by atoms with Gasteiger partial charge in [0.25, 0.3) is 11.8 Å². The molecule has 2 aliphatic rings. The molecule has 2 unspecified atom stereocenters. The monoisotopic (exact) mass is 1330 g/mol. The van der Waals surface area contributed by atoms with Gasteiger partial charge in [-0.05, 0) is 51.4 Å². The number of allylic oxidation sites excluding steroid dienone is 1. The third kappa shape index (κ3) is 32.7. The number of ether oxygens (including phenoxy) is 2. The summed E-state index contributed by atoms with van der Waals surface area (Å²) in [4.78, 5) is 152. The minimum Gasteiger partial charge on any atom is -0.480 e. The zero-order valence-corrected chi connectivity index (χ0v) is 54.7. The Morgan fingerprint density at radius 3 is 1.33 bits per heavy atom. The van der Waals surface area contributed by atoms with Crippen molar-refractivity contribution in [1.29, 1.82) is 0 Å². The van der Waals surface area contributed by atoms with E-state index in [1.165, 1.54) is 54.5 Å². The smallest absolute Gasteiger partial charge is 0.343 e. The fourth-order valence-electron chi connectivity index (χ4n) is 6.51. The van der Waals surface area contributed by atoms with Gasteiger partial charge in [0.15, 0.2) is 0 Å². The predicted octanol–water partition coefficient (Wildman–Crippen LogP) is 3.85. The quantitative estimate of drug-likeness (QED) is 0.0117. The number of carbonyl (C=O) groups excluding carboxylic acids is 8. The van der Waals surface area contributed by atoms with E-state index in [1.54, 1.807) is 27.7 Å². The Hall–Kier alpha value is -5.82. The van der Waals surface area contributed by atoms with Gasteiger partial charge in [-0.3, -0.25) is 80.4 Å². The second-order valence-electron chi connectivity index (χ2n) is 21.3. The van der Waals surface area contributed by atoms with E-state index in [0.717, 1.165) is 21.1 Å². The van der Waals surface area contributed by atoms with Crippen LogP contribution in [-0.2, 0) is 108 Å². The van der Waals surface area contributed by atoms with Gasteiger partial charge in [-0.2, -0.15) is 6.42 Å². The Labute approximate surface area is 525 Å². The Morgan fingerprint density at radius 1 is 0.610 bits per heavy atom. The fourth-order valence-corrected chi connectivity index (χ4v) is 6.51. The van der Waals surface area contributed by atoms with Gasteiger partial charge < -0.3 is 42.8 Å². The van der Waals surface area contributed by atoms with E-state index in [-0.39, 0.29) is 129 Å². The van der Waals surface area contributed by atoms with Crippen LogP contribution < -0.4 is 31.9 Å². The van der Waals surface area contributed by atoms with Crippen LogP contribution in [0.4, 0.5) is 9.59 Å². The molecule has 82 heavy (non-hydrogen) atoms. The van der Waals surface area contributed by atoms with Crippen molar-refractivity contribution in [3.05, 3.63) is 69.3 Å². The maximum absolute atomic E-state index is 12.0. The van der Waals surface area contributed by atoms with Crippen molar-refractivity contribution in [3.8, 4) is 0 Å². The molecule has 35 heteroatoms. The van der Waals surface area contributed by atoms with Crippen molar-refractivity contribution in [2.24, 2.45) is 0 Å². The van der Waals surface area contributed by atoms with E-state index in [0.29, 0.717) is 51.4 Å². The number of carbonyl (C=O) groups is 9. The van der Waals surface area contributed by atoms with Crippen molar-refractivity contribution >= 4 is 53.6 Å². The molecule has 0 aromatic rings. The molecule has 0 aliphatic carbocycles. The van der Waals surface area contributed by atoms with Crippen LogP contribution in [0.3, 0.4) is 0 Å². The van der Waals surface area contributed by atoms with Crippen LogP contribution in [0.15, 0.2) is 11.8 Å². The number of nitrogens with zero attached hydrogens (tertiary/aromatic N) is 5. The largest absolute Gasteiger partial charge is 0.480 e. The number of carboxylic acid groups (broad SMARTS) is 1. The zero-order valence-electron chi connectivity index (χ0n) is 49.0. The minimum absolute atomic E-state index is 0. The molecule has 0 aromatic carbocycles. The molecular weight excluding hydrogens is 1250 g/mol. The molecule has 2 saturated heterocycles. The van der Waals surface area contributed by atoms with Gasteiger partial charge in [0.1, 0.15) is 17.8 Å². The van der Waals surface area contributed by atoms with Gasteiger partial charge in [0.2, 0.25) is 45.0 Å². The standard InChI is InChI=1S/C13H22N2O7.C10H18N2O5.C9H15N3O4.C9H13N3O4.C6H12NO2.2Y/c1-9(16)14-13(10(17)21-4,11(18)22-5)8-6-7-12(2,3)15(19)20;1-7(13)11-8(9(14)15)5-4-6-10(2,3)12(16)17;2*1-9(2,12(15)16)5-3-4-6-7(13)11-8(14)10-6;1-4-5-6(2,3)7(8)9;;/h6-8H2,1-5H3,(H,14,16);8H,4-6H2,1-3H3,(H,11,13)(H,14,15);6H,3-5H2,1-2H3,(H2,10,11,13,14);4H,3,5H2,1-2H3,(H2,10,11,13,14);1,4-5H2,2-3H3;;/q;;;;-1;;/b;;;6-4+;;;. The molecule has 2 atom stereocenters. The third-order valence-electron chi connectivity index (χ3n) is 12.0. The minimum atomic E-state index is -2.00. The first-order chi connectivity index (χ1) is 36.4. The number of rotatable bonds is 27. The molecule has 0 saturated carbocycles. The number of amides is 8. The third-order valence-corrected chi connectivity index (χ3v) is 12.0. The van der Waals surface area contributed by atoms with E-state index in [9.17, 15) is 93.7 Å². The van der Waals surface area contributed by atoms with Crippen LogP contribution in [-0.4, -0.2) is 143 Å². The van der Waals surface area contributed by atoms with Crippen molar-refractivity contribution in [2.75, 3.05) is 14.2 Å². The molecule has 2 fully saturated rings. The number of urea groups is 2. The van der Waals surface area contributed by atoms with Gasteiger partial charge in [0.05, 0.1) is 14.2 Å². The number of carboxylic acids is 1. The van der Waals surface area contributed by atoms with Crippen LogP contribution in [0.5, 0.6) is 0 Å². The molecule has 2 radical (unpaired) electrons. The first-order valence-electron chi connectivity index (χ1n) is 24.8. The molecule has 8 amide bonds. The van der Waals surface area contributed by atoms with E-state index in [1.807, 2.05) is 5.32 Å². The molecule has 7 N–H and O–H groups in total. The number of aliphatic carboxylic acids is 1. The van der Waals surface area contributed by atoms with Gasteiger partial charge in [0, 0.05) is 199 Å². The second-order valence-corrected chi connectivity index (χ2v) is 21.3. The first kappa shape index (κ1) is 85.0. The van der Waals surface area contributed by atoms with Crippen molar-refractivity contribution in [3.63, 3.8) is 0 Å². The van der Waals surface area contributed by atoms with E-state index in [2.05, 4.69) is 43.0 Å². The molecule has 2 heterocycles. The normalized spacial score (nSPS) is 14.6. The molecule has 2 rings (SSSR count). The second kappa shape index (κ2) is 38.9. The summed E-state index contributed by atoms with van der Waals surface area (Å²) in [6.45, 7) is 21.1. The van der Waals surface area contributed by atoms with E-state index in [4.69, 9.17) is 5.11 Å². The summed E-state index contributed by atoms with van der Waals surface area (Å²) in [5, 5.41) is 75.2. The van der Waals surface area contributed by atoms with Gasteiger partial charge in [-0.15, -0.1) is 0 Å². The average molecular weight is 1330 g/mol. The van der Waals surface area contributed by atoms with Crippen molar-refractivity contribution < 1.29 is 148 Å². The van der Waals surface area contributed by atoms with Crippen molar-refractivity contribution in [1.82, 2.24) is 31.9 Å². The Morgan fingerprint density at radius 2 is 1.01 bits per heavy atom. The molecule has 0 aromatic heterocycles. The van der Waals surface area contributed by atoms with E-state index < -0.39 is 97.9 Å². The van der Waals surface area contributed by atoms with Gasteiger partial charge in [-0.25, -0.2) is 24.0 Å². The molecule has 33 nitrogen and oxygen atoms in total. The number of imide groups is 2. The summed E-state index contributed by atoms with van der Waals surface area (Å²) >= 11 is 0. The van der Waals surface area contributed by atoms with Crippen molar-refractivity contribution in [2.45, 2.75) is 212 Å². The fraction of sp³-hybridized carbons (Fsp3) is 0.745. The predicted molar refractivity (Wildman–Crippen MR) is 282 cm³/mol. The summed E-state index contributed by atoms with van der Waals surface area (Å²) in [7, 11) is 2.14. The number of nitro groups is 5. The number of methoxy groups -OCH3 is 2. The Kier molecular flexibility index (Phi) is 40.3. The maximum atomic E-state index is 12.0. The Bertz CT molecular complexity index is 2280. The number of nitrogens with one attached hydrogen (secondary N) is 6. The summed E-state index contributed by atoms with van der Waals surface area (Å²) in [5.74, 6) is -4.98. The number of hydrogen-bond acceptors (Lipinski definition) is 21. The molecule has 2 aliphatic heterocycles. The topological polar surface area (TPSA) is 480 Å². The summed E-state index contributed by atoms with van der Waals surface area (Å²) < 4.78 is 9.16. The van der Waals surface area contributed by atoms with E-state index >= 15 is 0 Å². The summed E-state index contributed by atoms with van der Waals surface area (Å²) in [6.07, 6.45) is 5.53. The molecule has 0 spiro atoms. The summed E-state index contributed by atoms with van der Waals surface area (Å²) in [5.41, 5.74) is -6.93. The average Bonchev–Trinajstić information content (AvgIpc) is 3.83. The maximum Gasteiger partial charge on any atom is 0.343 e. The molecular formula is C47H80N11O22Y2-. The SMILES string of the molecule is CC(=O)NC(CCCC(C)(C)[N+](=O)[O-])C(=O)O.CC(C)(CC/C=C1/NC(=O)NC1=O)[N+](=O)[O-].CC(C)(CCCC1NC(=O)NC1=O)[N+](=O)[O-].COC(=O)C(CCCC(C)(C)[N+](=O)[O-])(NC(C)=O)C(=O)OC.[CH2-]CCC(C)(C)[N+](=O)[O-].[Y].[Y]. The van der Waals surface area contributed by atoms with Crippen LogP contribution in [0.25, 0.3) is 0 Å². The Balaban J connectivity index is -0.000000306. The number of esters is 2. The van der Waals surface area contributed by atoms with Crippen LogP contribution in [0.2, 0.25) is 0 Å². The van der Waals surface area contributed by atoms with Crippen LogP contribution in [0, 0.1) is 57.5 Å². The van der Waals surface area contributed by atoms with Gasteiger partial charge in [-0.1, -0.05) is 6.08 Å². The first-order valence-corrected chi connectivity index (χ1v) is 24.8. The molecule has 462 valence electrons. The number of hydrogen-bond donors (Lipinski definition) is 7. The molecule has 0 bridgehead atoms. The van der Waals surface area contributed by atoms with Crippen LogP contribution >= 0.6 is 0 Å².